The van der Waals surface area contributed by atoms with E-state index in [1.165, 1.54) is 5.56 Å². The number of carbonyl (C=O) groups is 2. The fourth-order valence-electron chi connectivity index (χ4n) is 5.51. The minimum Gasteiger partial charge on any atom is -0.481 e. The number of halogens is 2. The molecule has 0 aliphatic carbocycles. The Morgan fingerprint density at radius 2 is 1.71 bits per heavy atom. The molecule has 0 aromatic heterocycles. The van der Waals surface area contributed by atoms with Crippen molar-refractivity contribution in [2.24, 2.45) is 4.99 Å². The van der Waals surface area contributed by atoms with E-state index in [1.807, 2.05) is 55.6 Å². The molecule has 1 heterocycles. The fourth-order valence-corrected chi connectivity index (χ4v) is 5.91. The van der Waals surface area contributed by atoms with Crippen molar-refractivity contribution in [2.75, 3.05) is 6.54 Å². The number of carbonyl (C=O) groups excluding carboxylic acids is 1. The van der Waals surface area contributed by atoms with E-state index < -0.39 is 5.97 Å². The van der Waals surface area contributed by atoms with Crippen LogP contribution in [0, 0.1) is 6.92 Å². The van der Waals surface area contributed by atoms with E-state index in [9.17, 15) is 9.59 Å². The van der Waals surface area contributed by atoms with Crippen LogP contribution in [0.1, 0.15) is 83.0 Å². The smallest absolute Gasteiger partial charge is 0.305 e. The zero-order chi connectivity index (χ0) is 27.2. The lowest BCUT2D eigenvalue weighted by Gasteiger charge is -2.37. The van der Waals surface area contributed by atoms with Crippen LogP contribution >= 0.6 is 23.2 Å². The maximum atomic E-state index is 12.5. The maximum Gasteiger partial charge on any atom is 0.305 e. The Hall–Kier alpha value is -3.15. The number of amides is 1. The second kappa shape index (κ2) is 12.6. The van der Waals surface area contributed by atoms with Crippen molar-refractivity contribution in [1.82, 2.24) is 5.32 Å². The molecule has 1 aliphatic heterocycles. The third kappa shape index (κ3) is 6.46. The quantitative estimate of drug-likeness (QED) is 0.268. The highest BCUT2D eigenvalue weighted by Crippen LogP contribution is 2.51. The molecular formula is C31H32Cl2N2O3. The van der Waals surface area contributed by atoms with Crippen LogP contribution in [0.5, 0.6) is 0 Å². The van der Waals surface area contributed by atoms with Gasteiger partial charge in [-0.2, -0.15) is 0 Å². The highest BCUT2D eigenvalue weighted by molar-refractivity contribution is 6.31. The van der Waals surface area contributed by atoms with Gasteiger partial charge in [-0.15, -0.1) is 0 Å². The van der Waals surface area contributed by atoms with Crippen molar-refractivity contribution in [3.8, 4) is 0 Å². The maximum absolute atomic E-state index is 12.5. The number of hydrogen-bond acceptors (Lipinski definition) is 3. The first-order chi connectivity index (χ1) is 18.3. The Balaban J connectivity index is 1.73. The predicted octanol–water partition coefficient (Wildman–Crippen LogP) is 8.06. The summed E-state index contributed by atoms with van der Waals surface area (Å²) in [5.41, 5.74) is 6.08. The van der Waals surface area contributed by atoms with E-state index in [1.54, 1.807) is 0 Å². The van der Waals surface area contributed by atoms with E-state index in [0.717, 1.165) is 41.6 Å². The summed E-state index contributed by atoms with van der Waals surface area (Å²) < 4.78 is 0. The summed E-state index contributed by atoms with van der Waals surface area (Å²) in [6.45, 7) is 4.33. The highest BCUT2D eigenvalue weighted by atomic mass is 35.5. The number of hydrogen-bond donors (Lipinski definition) is 2. The van der Waals surface area contributed by atoms with Gasteiger partial charge in [0, 0.05) is 28.4 Å². The summed E-state index contributed by atoms with van der Waals surface area (Å²) in [5, 5.41) is 12.9. The molecule has 3 atom stereocenters. The van der Waals surface area contributed by atoms with E-state index in [-0.39, 0.29) is 36.6 Å². The van der Waals surface area contributed by atoms with Gasteiger partial charge in [0.05, 0.1) is 12.1 Å². The van der Waals surface area contributed by atoms with E-state index >= 15 is 0 Å². The second-order valence-corrected chi connectivity index (χ2v) is 10.7. The van der Waals surface area contributed by atoms with Crippen LogP contribution in [-0.4, -0.2) is 29.7 Å². The molecule has 0 spiro atoms. The van der Waals surface area contributed by atoms with Gasteiger partial charge in [-0.25, -0.2) is 0 Å². The van der Waals surface area contributed by atoms with Crippen LogP contribution < -0.4 is 5.32 Å². The summed E-state index contributed by atoms with van der Waals surface area (Å²) >= 11 is 12.8. The van der Waals surface area contributed by atoms with Gasteiger partial charge in [0.1, 0.15) is 0 Å². The molecule has 1 aliphatic rings. The van der Waals surface area contributed by atoms with Crippen molar-refractivity contribution < 1.29 is 14.7 Å². The molecule has 1 amide bonds. The minimum atomic E-state index is -0.942. The molecule has 38 heavy (non-hydrogen) atoms. The van der Waals surface area contributed by atoms with Gasteiger partial charge in [-0.1, -0.05) is 60.8 Å². The lowest BCUT2D eigenvalue weighted by Crippen LogP contribution is -2.26. The van der Waals surface area contributed by atoms with Gasteiger partial charge >= 0.3 is 5.97 Å². The first kappa shape index (κ1) is 27.9. The third-order valence-electron chi connectivity index (χ3n) is 7.22. The molecule has 3 aromatic carbocycles. The van der Waals surface area contributed by atoms with Gasteiger partial charge in [0.25, 0.3) is 5.91 Å². The van der Waals surface area contributed by atoms with E-state index in [4.69, 9.17) is 33.3 Å². The van der Waals surface area contributed by atoms with Gasteiger partial charge < -0.3 is 10.4 Å². The lowest BCUT2D eigenvalue weighted by atomic mass is 9.68. The van der Waals surface area contributed by atoms with E-state index in [0.29, 0.717) is 15.6 Å². The average molecular weight is 552 g/mol. The van der Waals surface area contributed by atoms with Crippen LogP contribution in [0.4, 0.5) is 5.69 Å². The topological polar surface area (TPSA) is 78.8 Å². The third-order valence-corrected chi connectivity index (χ3v) is 7.69. The van der Waals surface area contributed by atoms with Gasteiger partial charge in [-0.3, -0.25) is 14.6 Å². The summed E-state index contributed by atoms with van der Waals surface area (Å²) in [4.78, 5) is 28.0. The van der Waals surface area contributed by atoms with E-state index in [2.05, 4.69) is 30.4 Å². The summed E-state index contributed by atoms with van der Waals surface area (Å²) in [7, 11) is 0. The van der Waals surface area contributed by atoms with Crippen molar-refractivity contribution in [2.45, 2.75) is 57.3 Å². The number of fused-ring (bicyclic) bond motifs is 1. The average Bonchev–Trinajstić information content (AvgIpc) is 2.89. The Labute approximate surface area is 233 Å². The SMILES string of the molecule is CCC[C@H](c1ccc(C(=O)NCCC(=O)O)cc1)[C@@H](c1ccc(Cl)cc1)C1CC=Nc2c(C)cc(Cl)cc21. The molecule has 0 saturated heterocycles. The predicted molar refractivity (Wildman–Crippen MR) is 155 cm³/mol. The van der Waals surface area contributed by atoms with Crippen LogP contribution in [0.3, 0.4) is 0 Å². The molecule has 7 heteroatoms. The molecule has 0 bridgehead atoms. The number of nitrogens with one attached hydrogen (secondary N) is 1. The molecule has 3 aromatic rings. The Morgan fingerprint density at radius 1 is 1.03 bits per heavy atom. The Kier molecular flexibility index (Phi) is 9.24. The van der Waals surface area contributed by atoms with Crippen molar-refractivity contribution in [3.63, 3.8) is 0 Å². The highest BCUT2D eigenvalue weighted by Gasteiger charge is 2.35. The molecule has 5 nitrogen and oxygen atoms in total. The summed E-state index contributed by atoms with van der Waals surface area (Å²) in [6, 6.07) is 19.8. The van der Waals surface area contributed by atoms with Crippen molar-refractivity contribution in [1.29, 1.82) is 0 Å². The Morgan fingerprint density at radius 3 is 2.37 bits per heavy atom. The van der Waals surface area contributed by atoms with Crippen molar-refractivity contribution >= 4 is 47.0 Å². The molecule has 0 saturated carbocycles. The van der Waals surface area contributed by atoms with Crippen LogP contribution in [0.25, 0.3) is 0 Å². The van der Waals surface area contributed by atoms with Crippen LogP contribution in [-0.2, 0) is 4.79 Å². The molecule has 0 fully saturated rings. The Bertz CT molecular complexity index is 1320. The number of aliphatic imine (C=N–C) groups is 1. The second-order valence-electron chi connectivity index (χ2n) is 9.81. The van der Waals surface area contributed by atoms with Gasteiger partial charge in [-0.05, 0) is 96.2 Å². The molecule has 0 radical (unpaired) electrons. The standard InChI is InChI=1S/C31H32Cl2N2O3/c1-3-4-25(20-5-7-22(8-6-20)31(38)35-16-14-28(36)37)29(21-9-11-23(32)12-10-21)26-13-15-34-30-19(2)17-24(33)18-27(26)30/h5-12,15,17-18,25-26,29H,3-4,13-14,16H2,1-2H3,(H,35,38)(H,36,37)/t25-,26?,29-/m1/s1. The molecular weight excluding hydrogens is 519 g/mol. The monoisotopic (exact) mass is 550 g/mol. The number of carboxylic acids is 1. The van der Waals surface area contributed by atoms with Crippen molar-refractivity contribution in [3.05, 3.63) is 98.5 Å². The zero-order valence-electron chi connectivity index (χ0n) is 21.6. The lowest BCUT2D eigenvalue weighted by molar-refractivity contribution is -0.136. The molecule has 4 rings (SSSR count). The van der Waals surface area contributed by atoms with Gasteiger partial charge in [0.2, 0.25) is 0 Å². The minimum absolute atomic E-state index is 0.0949. The first-order valence-electron chi connectivity index (χ1n) is 13.0. The summed E-state index contributed by atoms with van der Waals surface area (Å²) in [5.74, 6) is -0.750. The molecule has 198 valence electrons. The summed E-state index contributed by atoms with van der Waals surface area (Å²) in [6.07, 6.45) is 4.66. The fraction of sp³-hybridized carbons (Fsp3) is 0.323. The molecule has 1 unspecified atom stereocenters. The number of rotatable bonds is 10. The number of nitrogens with zero attached hydrogens (tertiary/aromatic N) is 1. The van der Waals surface area contributed by atoms with Crippen LogP contribution in [0.15, 0.2) is 65.7 Å². The van der Waals surface area contributed by atoms with Gasteiger partial charge in [0.15, 0.2) is 0 Å². The molecule has 2 N–H and O–H groups in total. The largest absolute Gasteiger partial charge is 0.481 e. The number of carboxylic acid groups (broad SMARTS) is 1. The number of benzene rings is 3. The normalized spacial score (nSPS) is 15.9. The number of aliphatic carboxylic acids is 1. The first-order valence-corrected chi connectivity index (χ1v) is 13.7. The zero-order valence-corrected chi connectivity index (χ0v) is 23.1. The number of aryl methyl sites for hydroxylation is 1. The van der Waals surface area contributed by atoms with Crippen LogP contribution in [0.2, 0.25) is 10.0 Å².